The van der Waals surface area contributed by atoms with Crippen molar-refractivity contribution in [1.82, 2.24) is 15.0 Å². The molecule has 120 valence electrons. The van der Waals surface area contributed by atoms with Gasteiger partial charge >= 0.3 is 0 Å². The summed E-state index contributed by atoms with van der Waals surface area (Å²) >= 11 is 7.82. The second-order valence-corrected chi connectivity index (χ2v) is 6.83. The number of aryl methyl sites for hydroxylation is 1. The van der Waals surface area contributed by atoms with E-state index in [0.717, 1.165) is 29.0 Å². The van der Waals surface area contributed by atoms with Crippen LogP contribution in [0.1, 0.15) is 30.2 Å². The van der Waals surface area contributed by atoms with E-state index in [-0.39, 0.29) is 12.3 Å². The smallest absolute Gasteiger partial charge is 0.233 e. The predicted octanol–water partition coefficient (Wildman–Crippen LogP) is 3.42. The molecule has 1 amide bonds. The molecule has 2 aromatic rings. The van der Waals surface area contributed by atoms with Crippen molar-refractivity contribution in [2.75, 3.05) is 10.7 Å². The van der Waals surface area contributed by atoms with E-state index in [9.17, 15) is 4.79 Å². The largest absolute Gasteiger partial charge is 0.292 e. The molecule has 0 bridgehead atoms. The number of amides is 1. The number of hydrogen-bond acceptors (Lipinski definition) is 5. The van der Waals surface area contributed by atoms with Gasteiger partial charge in [0.15, 0.2) is 5.16 Å². The summed E-state index contributed by atoms with van der Waals surface area (Å²) in [6.07, 6.45) is 3.04. The van der Waals surface area contributed by atoms with Crippen LogP contribution in [-0.2, 0) is 17.8 Å². The van der Waals surface area contributed by atoms with E-state index in [1.807, 2.05) is 19.1 Å². The highest BCUT2D eigenvalue weighted by atomic mass is 35.5. The molecule has 0 saturated carbocycles. The fourth-order valence-corrected chi connectivity index (χ4v) is 3.45. The number of hydrogen-bond donors (Lipinski definition) is 0. The fraction of sp³-hybridized carbons (Fsp3) is 0.375. The standard InChI is InChI=1S/C16H17ClN4OS/c1-3-6-23-16-19-14(17)12-8-13(22)21(15(12)20-16)9-11-4-5-18-10(2)7-11/h4-5,7H,3,6,8-9H2,1-2H3. The lowest BCUT2D eigenvalue weighted by Crippen LogP contribution is -2.26. The second-order valence-electron chi connectivity index (χ2n) is 5.41. The molecule has 0 unspecified atom stereocenters. The summed E-state index contributed by atoms with van der Waals surface area (Å²) < 4.78 is 0. The molecule has 0 saturated heterocycles. The first-order valence-electron chi connectivity index (χ1n) is 7.49. The third kappa shape index (κ3) is 3.48. The minimum atomic E-state index is 0.00306. The van der Waals surface area contributed by atoms with Crippen LogP contribution in [0.3, 0.4) is 0 Å². The minimum Gasteiger partial charge on any atom is -0.292 e. The molecule has 0 spiro atoms. The van der Waals surface area contributed by atoms with E-state index in [0.29, 0.717) is 22.7 Å². The Morgan fingerprint density at radius 1 is 1.39 bits per heavy atom. The number of aromatic nitrogens is 3. The monoisotopic (exact) mass is 348 g/mol. The van der Waals surface area contributed by atoms with E-state index in [1.54, 1.807) is 22.9 Å². The zero-order valence-electron chi connectivity index (χ0n) is 13.0. The lowest BCUT2D eigenvalue weighted by Gasteiger charge is -2.17. The summed E-state index contributed by atoms with van der Waals surface area (Å²) in [5.74, 6) is 1.57. The first-order chi connectivity index (χ1) is 11.1. The highest BCUT2D eigenvalue weighted by Gasteiger charge is 2.32. The Morgan fingerprint density at radius 2 is 2.22 bits per heavy atom. The van der Waals surface area contributed by atoms with E-state index < -0.39 is 0 Å². The fourth-order valence-electron chi connectivity index (χ4n) is 2.47. The lowest BCUT2D eigenvalue weighted by molar-refractivity contribution is -0.117. The average molecular weight is 349 g/mol. The maximum Gasteiger partial charge on any atom is 0.233 e. The third-order valence-corrected chi connectivity index (χ3v) is 4.90. The summed E-state index contributed by atoms with van der Waals surface area (Å²) in [7, 11) is 0. The molecular weight excluding hydrogens is 332 g/mol. The molecule has 0 aromatic carbocycles. The molecule has 1 aliphatic heterocycles. The van der Waals surface area contributed by atoms with Crippen LogP contribution in [0.2, 0.25) is 5.15 Å². The molecule has 5 nitrogen and oxygen atoms in total. The Bertz CT molecular complexity index is 753. The number of carbonyl (C=O) groups is 1. The molecule has 7 heteroatoms. The average Bonchev–Trinajstić information content (AvgIpc) is 2.83. The predicted molar refractivity (Wildman–Crippen MR) is 91.9 cm³/mol. The summed E-state index contributed by atoms with van der Waals surface area (Å²) in [4.78, 5) is 27.1. The number of halogens is 1. The number of fused-ring (bicyclic) bond motifs is 1. The van der Waals surface area contributed by atoms with Crippen LogP contribution < -0.4 is 4.90 Å². The van der Waals surface area contributed by atoms with Gasteiger partial charge in [0.05, 0.1) is 13.0 Å². The number of nitrogens with zero attached hydrogens (tertiary/aromatic N) is 4. The number of pyridine rings is 1. The molecular formula is C16H17ClN4OS. The minimum absolute atomic E-state index is 0.00306. The van der Waals surface area contributed by atoms with Crippen molar-refractivity contribution >= 4 is 35.1 Å². The van der Waals surface area contributed by atoms with Crippen molar-refractivity contribution in [2.24, 2.45) is 0 Å². The maximum absolute atomic E-state index is 12.4. The van der Waals surface area contributed by atoms with E-state index in [4.69, 9.17) is 11.6 Å². The topological polar surface area (TPSA) is 59.0 Å². The first kappa shape index (κ1) is 16.2. The van der Waals surface area contributed by atoms with Gasteiger partial charge in [-0.3, -0.25) is 14.7 Å². The molecule has 0 fully saturated rings. The van der Waals surface area contributed by atoms with Gasteiger partial charge in [0.2, 0.25) is 5.91 Å². The van der Waals surface area contributed by atoms with Crippen LogP contribution in [-0.4, -0.2) is 26.6 Å². The molecule has 0 N–H and O–H groups in total. The Morgan fingerprint density at radius 3 is 2.96 bits per heavy atom. The Balaban J connectivity index is 1.92. The van der Waals surface area contributed by atoms with Crippen LogP contribution in [0, 0.1) is 6.92 Å². The molecule has 1 aliphatic rings. The van der Waals surface area contributed by atoms with Crippen molar-refractivity contribution < 1.29 is 4.79 Å². The van der Waals surface area contributed by atoms with Crippen LogP contribution in [0.15, 0.2) is 23.5 Å². The van der Waals surface area contributed by atoms with E-state index in [2.05, 4.69) is 21.9 Å². The number of anilines is 1. The van der Waals surface area contributed by atoms with Gasteiger partial charge in [0.25, 0.3) is 0 Å². The Kier molecular flexibility index (Phi) is 4.82. The van der Waals surface area contributed by atoms with Gasteiger partial charge in [-0.25, -0.2) is 9.97 Å². The van der Waals surface area contributed by atoms with Crippen LogP contribution >= 0.6 is 23.4 Å². The molecule has 0 radical (unpaired) electrons. The van der Waals surface area contributed by atoms with Crippen molar-refractivity contribution in [2.45, 2.75) is 38.4 Å². The van der Waals surface area contributed by atoms with Crippen LogP contribution in [0.5, 0.6) is 0 Å². The SMILES string of the molecule is CCCSc1nc(Cl)c2c(n1)N(Cc1ccnc(C)c1)C(=O)C2. The molecule has 2 aromatic heterocycles. The first-order valence-corrected chi connectivity index (χ1v) is 8.86. The molecule has 23 heavy (non-hydrogen) atoms. The molecule has 0 aliphatic carbocycles. The van der Waals surface area contributed by atoms with Crippen LogP contribution in [0.4, 0.5) is 5.82 Å². The zero-order valence-corrected chi connectivity index (χ0v) is 14.6. The van der Waals surface area contributed by atoms with E-state index in [1.165, 1.54) is 0 Å². The van der Waals surface area contributed by atoms with E-state index >= 15 is 0 Å². The Hall–Kier alpha value is -1.66. The summed E-state index contributed by atoms with van der Waals surface area (Å²) in [6.45, 7) is 4.51. The maximum atomic E-state index is 12.4. The number of thioether (sulfide) groups is 1. The normalized spacial score (nSPS) is 13.5. The number of carbonyl (C=O) groups excluding carboxylic acids is 1. The second kappa shape index (κ2) is 6.84. The quantitative estimate of drug-likeness (QED) is 0.470. The van der Waals surface area contributed by atoms with Gasteiger partial charge in [-0.15, -0.1) is 0 Å². The highest BCUT2D eigenvalue weighted by molar-refractivity contribution is 7.99. The summed E-state index contributed by atoms with van der Waals surface area (Å²) in [5, 5.41) is 1.01. The Labute approximate surface area is 144 Å². The third-order valence-electron chi connectivity index (χ3n) is 3.54. The van der Waals surface area contributed by atoms with Crippen molar-refractivity contribution in [3.8, 4) is 0 Å². The molecule has 3 heterocycles. The van der Waals surface area contributed by atoms with Gasteiger partial charge in [-0.2, -0.15) is 0 Å². The molecule has 3 rings (SSSR count). The van der Waals surface area contributed by atoms with Crippen molar-refractivity contribution in [3.05, 3.63) is 40.3 Å². The van der Waals surface area contributed by atoms with Crippen molar-refractivity contribution in [1.29, 1.82) is 0 Å². The van der Waals surface area contributed by atoms with Crippen molar-refractivity contribution in [3.63, 3.8) is 0 Å². The van der Waals surface area contributed by atoms with Gasteiger partial charge in [0, 0.05) is 23.2 Å². The molecule has 0 atom stereocenters. The highest BCUT2D eigenvalue weighted by Crippen LogP contribution is 2.34. The summed E-state index contributed by atoms with van der Waals surface area (Å²) in [5.41, 5.74) is 2.67. The van der Waals surface area contributed by atoms with Crippen LogP contribution in [0.25, 0.3) is 0 Å². The van der Waals surface area contributed by atoms with Gasteiger partial charge in [-0.1, -0.05) is 30.3 Å². The van der Waals surface area contributed by atoms with Gasteiger partial charge < -0.3 is 0 Å². The van der Waals surface area contributed by atoms with Gasteiger partial charge in [0.1, 0.15) is 11.0 Å². The zero-order chi connectivity index (χ0) is 16.4. The van der Waals surface area contributed by atoms with Gasteiger partial charge in [-0.05, 0) is 31.0 Å². The lowest BCUT2D eigenvalue weighted by atomic mass is 10.2. The summed E-state index contributed by atoms with van der Waals surface area (Å²) in [6, 6.07) is 3.88. The number of rotatable bonds is 5.